The molecule has 3 nitrogen and oxygen atoms in total. The summed E-state index contributed by atoms with van der Waals surface area (Å²) < 4.78 is 11.6. The number of ether oxygens (including phenoxy) is 2. The van der Waals surface area contributed by atoms with Gasteiger partial charge in [0.05, 0.1) is 13.3 Å². The molecule has 1 heterocycles. The predicted molar refractivity (Wildman–Crippen MR) is 65.0 cm³/mol. The van der Waals surface area contributed by atoms with Crippen molar-refractivity contribution < 1.29 is 9.47 Å². The van der Waals surface area contributed by atoms with E-state index in [1.807, 2.05) is 30.3 Å². The van der Waals surface area contributed by atoms with Gasteiger partial charge in [0, 0.05) is 10.5 Å². The van der Waals surface area contributed by atoms with Gasteiger partial charge in [-0.2, -0.15) is 0 Å². The minimum atomic E-state index is 0.571. The minimum absolute atomic E-state index is 0.571. The summed E-state index contributed by atoms with van der Waals surface area (Å²) in [5, 5.41) is 0. The van der Waals surface area contributed by atoms with Gasteiger partial charge in [0.2, 0.25) is 5.88 Å². The predicted octanol–water partition coefficient (Wildman–Crippen LogP) is 3.65. The number of benzene rings is 1. The lowest BCUT2D eigenvalue weighted by atomic mass is 10.3. The highest BCUT2D eigenvalue weighted by atomic mass is 79.9. The molecule has 0 aliphatic carbocycles. The molecule has 4 heteroatoms. The van der Waals surface area contributed by atoms with Crippen molar-refractivity contribution >= 4 is 15.9 Å². The number of pyridine rings is 1. The molecule has 0 radical (unpaired) electrons. The van der Waals surface area contributed by atoms with Gasteiger partial charge >= 0.3 is 0 Å². The lowest BCUT2D eigenvalue weighted by Gasteiger charge is -2.05. The van der Waals surface area contributed by atoms with Crippen molar-refractivity contribution in [1.29, 1.82) is 0 Å². The average Bonchev–Trinajstić information content (AvgIpc) is 2.30. The summed E-state index contributed by atoms with van der Waals surface area (Å²) in [6.45, 7) is 0. The summed E-state index contributed by atoms with van der Waals surface area (Å²) in [7, 11) is 1.58. The van der Waals surface area contributed by atoms with E-state index in [0.29, 0.717) is 11.6 Å². The molecular weight excluding hydrogens is 270 g/mol. The van der Waals surface area contributed by atoms with E-state index in [1.54, 1.807) is 19.4 Å². The molecule has 0 saturated carbocycles. The Morgan fingerprint density at radius 3 is 2.62 bits per heavy atom. The molecule has 0 aliphatic heterocycles. The van der Waals surface area contributed by atoms with E-state index in [1.165, 1.54) is 0 Å². The van der Waals surface area contributed by atoms with E-state index in [4.69, 9.17) is 9.47 Å². The fraction of sp³-hybridized carbons (Fsp3) is 0.0833. The molecule has 0 saturated heterocycles. The topological polar surface area (TPSA) is 31.4 Å². The number of nitrogens with zero attached hydrogens (tertiary/aromatic N) is 1. The first kappa shape index (κ1) is 11.0. The van der Waals surface area contributed by atoms with Crippen LogP contribution in [0.15, 0.2) is 47.1 Å². The van der Waals surface area contributed by atoms with Crippen LogP contribution < -0.4 is 9.47 Å². The highest BCUT2D eigenvalue weighted by molar-refractivity contribution is 9.10. The van der Waals surface area contributed by atoms with Crippen LogP contribution in [0.4, 0.5) is 0 Å². The molecule has 82 valence electrons. The Labute approximate surface area is 102 Å². The van der Waals surface area contributed by atoms with Gasteiger partial charge in [-0.25, -0.2) is 4.98 Å². The third kappa shape index (κ3) is 2.73. The smallest absolute Gasteiger partial charge is 0.213 e. The Kier molecular flexibility index (Phi) is 3.41. The largest absolute Gasteiger partial charge is 0.481 e. The highest BCUT2D eigenvalue weighted by Crippen LogP contribution is 2.24. The quantitative estimate of drug-likeness (QED) is 0.860. The van der Waals surface area contributed by atoms with E-state index in [9.17, 15) is 0 Å². The van der Waals surface area contributed by atoms with Crippen LogP contribution >= 0.6 is 15.9 Å². The van der Waals surface area contributed by atoms with Gasteiger partial charge in [0.15, 0.2) is 0 Å². The van der Waals surface area contributed by atoms with Crippen LogP contribution in [-0.4, -0.2) is 12.1 Å². The molecule has 0 amide bonds. The molecule has 2 rings (SSSR count). The molecule has 2 aromatic rings. The average molecular weight is 280 g/mol. The summed E-state index contributed by atoms with van der Waals surface area (Å²) in [4.78, 5) is 4.06. The molecule has 1 aromatic carbocycles. The van der Waals surface area contributed by atoms with Crippen molar-refractivity contribution in [2.45, 2.75) is 0 Å². The van der Waals surface area contributed by atoms with Crippen LogP contribution in [-0.2, 0) is 0 Å². The summed E-state index contributed by atoms with van der Waals surface area (Å²) in [5.74, 6) is 2.02. The molecule has 1 aromatic heterocycles. The number of halogens is 1. The molecule has 0 bridgehead atoms. The van der Waals surface area contributed by atoms with Gasteiger partial charge in [-0.05, 0) is 24.3 Å². The summed E-state index contributed by atoms with van der Waals surface area (Å²) in [6, 6.07) is 11.2. The fourth-order valence-electron chi connectivity index (χ4n) is 1.21. The number of methoxy groups -OCH3 is 1. The SMILES string of the molecule is COc1ccc(Oc2cccc(Br)c2)cn1. The Morgan fingerprint density at radius 2 is 2.00 bits per heavy atom. The van der Waals surface area contributed by atoms with Crippen LogP contribution in [0.3, 0.4) is 0 Å². The monoisotopic (exact) mass is 279 g/mol. The van der Waals surface area contributed by atoms with Gasteiger partial charge in [0.25, 0.3) is 0 Å². The van der Waals surface area contributed by atoms with Gasteiger partial charge in [-0.15, -0.1) is 0 Å². The van der Waals surface area contributed by atoms with Crippen LogP contribution in [0.1, 0.15) is 0 Å². The van der Waals surface area contributed by atoms with Crippen molar-refractivity contribution in [2.75, 3.05) is 7.11 Å². The van der Waals surface area contributed by atoms with Crippen molar-refractivity contribution in [3.63, 3.8) is 0 Å². The maximum absolute atomic E-state index is 5.61. The van der Waals surface area contributed by atoms with Crippen LogP contribution in [0.2, 0.25) is 0 Å². The number of hydrogen-bond donors (Lipinski definition) is 0. The van der Waals surface area contributed by atoms with Gasteiger partial charge in [0.1, 0.15) is 11.5 Å². The first-order chi connectivity index (χ1) is 7.78. The summed E-state index contributed by atoms with van der Waals surface area (Å²) >= 11 is 3.38. The third-order valence-corrected chi connectivity index (χ3v) is 2.44. The van der Waals surface area contributed by atoms with Crippen molar-refractivity contribution in [1.82, 2.24) is 4.98 Å². The number of aromatic nitrogens is 1. The Balaban J connectivity index is 2.14. The lowest BCUT2D eigenvalue weighted by Crippen LogP contribution is -1.88. The summed E-state index contributed by atoms with van der Waals surface area (Å²) in [6.07, 6.45) is 1.62. The second kappa shape index (κ2) is 4.99. The zero-order valence-electron chi connectivity index (χ0n) is 8.68. The van der Waals surface area contributed by atoms with E-state index in [0.717, 1.165) is 10.2 Å². The van der Waals surface area contributed by atoms with Crippen molar-refractivity contribution in [2.24, 2.45) is 0 Å². The Hall–Kier alpha value is -1.55. The second-order valence-electron chi connectivity index (χ2n) is 3.10. The zero-order valence-corrected chi connectivity index (χ0v) is 10.3. The fourth-order valence-corrected chi connectivity index (χ4v) is 1.59. The summed E-state index contributed by atoms with van der Waals surface area (Å²) in [5.41, 5.74) is 0. The number of rotatable bonds is 3. The maximum atomic E-state index is 5.61. The third-order valence-electron chi connectivity index (χ3n) is 1.95. The van der Waals surface area contributed by atoms with E-state index in [-0.39, 0.29) is 0 Å². The van der Waals surface area contributed by atoms with Gasteiger partial charge in [-0.1, -0.05) is 22.0 Å². The minimum Gasteiger partial charge on any atom is -0.481 e. The standard InChI is InChI=1S/C12H10BrNO2/c1-15-12-6-5-11(8-14-12)16-10-4-2-3-9(13)7-10/h2-8H,1H3. The normalized spacial score (nSPS) is 9.88. The van der Waals surface area contributed by atoms with Crippen LogP contribution in [0.5, 0.6) is 17.4 Å². The Bertz CT molecular complexity index is 471. The van der Waals surface area contributed by atoms with Gasteiger partial charge in [-0.3, -0.25) is 0 Å². The van der Waals surface area contributed by atoms with E-state index < -0.39 is 0 Å². The van der Waals surface area contributed by atoms with Gasteiger partial charge < -0.3 is 9.47 Å². The molecule has 0 atom stereocenters. The van der Waals surface area contributed by atoms with Crippen LogP contribution in [0.25, 0.3) is 0 Å². The zero-order chi connectivity index (χ0) is 11.4. The molecular formula is C12H10BrNO2. The first-order valence-electron chi connectivity index (χ1n) is 4.71. The lowest BCUT2D eigenvalue weighted by molar-refractivity contribution is 0.395. The maximum Gasteiger partial charge on any atom is 0.213 e. The molecule has 16 heavy (non-hydrogen) atoms. The van der Waals surface area contributed by atoms with E-state index >= 15 is 0 Å². The molecule has 0 fully saturated rings. The van der Waals surface area contributed by atoms with E-state index in [2.05, 4.69) is 20.9 Å². The second-order valence-corrected chi connectivity index (χ2v) is 4.01. The molecule has 0 spiro atoms. The first-order valence-corrected chi connectivity index (χ1v) is 5.51. The highest BCUT2D eigenvalue weighted by Gasteiger charge is 1.99. The van der Waals surface area contributed by atoms with Crippen molar-refractivity contribution in [3.05, 3.63) is 47.1 Å². The molecule has 0 aliphatic rings. The number of hydrogen-bond acceptors (Lipinski definition) is 3. The Morgan fingerprint density at radius 1 is 1.12 bits per heavy atom. The van der Waals surface area contributed by atoms with Crippen molar-refractivity contribution in [3.8, 4) is 17.4 Å². The molecule has 0 unspecified atom stereocenters. The van der Waals surface area contributed by atoms with Crippen LogP contribution in [0, 0.1) is 0 Å². The molecule has 0 N–H and O–H groups in total.